The average Bonchev–Trinajstić information content (AvgIpc) is 3.55. The number of aliphatic hydroxyl groups is 1. The van der Waals surface area contributed by atoms with Gasteiger partial charge < -0.3 is 24.1 Å². The van der Waals surface area contributed by atoms with Gasteiger partial charge >= 0.3 is 0 Å². The highest BCUT2D eigenvalue weighted by atomic mass is 35.5. The summed E-state index contributed by atoms with van der Waals surface area (Å²) in [5.74, 6) is 0.523. The summed E-state index contributed by atoms with van der Waals surface area (Å²) in [5.41, 5.74) is 2.99. The first kappa shape index (κ1) is 24.0. The standard InChI is InChI=1S/C24H24ClN3O7S/c25-15-9-16-17(10-20(26-16)35-19-12-34-22-18(29)11-33-23(19)22)27-21(15)13-1-3-14(4-2-13)24(30)28-36(31)7-5-32-6-8-36/h1-4,9,18-19,22-23,29H,5-8,10-12H2/t18-,19-,22-,23-/m1/s1. The minimum atomic E-state index is -2.57. The van der Waals surface area contributed by atoms with Crippen molar-refractivity contribution in [3.63, 3.8) is 0 Å². The first-order valence-corrected chi connectivity index (χ1v) is 13.9. The van der Waals surface area contributed by atoms with E-state index >= 15 is 0 Å². The summed E-state index contributed by atoms with van der Waals surface area (Å²) in [4.78, 5) is 21.8. The number of nitrogens with zero attached hydrogens (tertiary/aromatic N) is 3. The van der Waals surface area contributed by atoms with Crippen LogP contribution in [0.2, 0.25) is 5.02 Å². The van der Waals surface area contributed by atoms with Crippen LogP contribution < -0.4 is 0 Å². The minimum Gasteiger partial charge on any atom is -0.472 e. The molecule has 4 aliphatic rings. The van der Waals surface area contributed by atoms with E-state index < -0.39 is 21.7 Å². The zero-order valence-corrected chi connectivity index (χ0v) is 20.7. The number of fused-ring (bicyclic) bond motifs is 2. The molecule has 0 spiro atoms. The number of benzene rings is 1. The van der Waals surface area contributed by atoms with Crippen LogP contribution in [0.5, 0.6) is 0 Å². The van der Waals surface area contributed by atoms with Gasteiger partial charge in [0.1, 0.15) is 18.3 Å². The number of rotatable bonds is 3. The van der Waals surface area contributed by atoms with Gasteiger partial charge in [0.15, 0.2) is 12.0 Å². The maximum absolute atomic E-state index is 12.7. The molecule has 1 aromatic carbocycles. The molecular formula is C24H24ClN3O7S. The van der Waals surface area contributed by atoms with Crippen molar-refractivity contribution in [2.45, 2.75) is 30.8 Å². The van der Waals surface area contributed by atoms with E-state index in [9.17, 15) is 14.1 Å². The van der Waals surface area contributed by atoms with Crippen LogP contribution in [0.1, 0.15) is 16.1 Å². The fourth-order valence-corrected chi connectivity index (χ4v) is 6.51. The van der Waals surface area contributed by atoms with Crippen LogP contribution in [0.15, 0.2) is 39.7 Å². The van der Waals surface area contributed by atoms with E-state index in [1.54, 1.807) is 30.3 Å². The molecule has 1 N–H and O–H groups in total. The van der Waals surface area contributed by atoms with E-state index in [1.165, 1.54) is 0 Å². The van der Waals surface area contributed by atoms with Gasteiger partial charge in [-0.05, 0) is 18.2 Å². The molecular weight excluding hydrogens is 510 g/mol. The number of amides is 1. The lowest BCUT2D eigenvalue weighted by molar-refractivity contribution is 0.00558. The summed E-state index contributed by atoms with van der Waals surface area (Å²) >= 11 is 6.52. The summed E-state index contributed by atoms with van der Waals surface area (Å²) < 4.78 is 39.2. The quantitative estimate of drug-likeness (QED) is 0.635. The van der Waals surface area contributed by atoms with Crippen molar-refractivity contribution in [3.05, 3.63) is 46.6 Å². The molecule has 0 saturated carbocycles. The molecule has 4 atom stereocenters. The Labute approximate surface area is 212 Å². The first-order valence-electron chi connectivity index (χ1n) is 11.7. The Morgan fingerprint density at radius 2 is 1.89 bits per heavy atom. The van der Waals surface area contributed by atoms with Crippen molar-refractivity contribution >= 4 is 38.8 Å². The number of hydrogen-bond acceptors (Lipinski definition) is 9. The van der Waals surface area contributed by atoms with Gasteiger partial charge in [-0.15, -0.1) is 0 Å². The number of aliphatic imine (C=N–C) groups is 1. The van der Waals surface area contributed by atoms with E-state index in [1.807, 2.05) is 0 Å². The molecule has 1 aromatic heterocycles. The summed E-state index contributed by atoms with van der Waals surface area (Å²) in [6.07, 6.45) is -1.30. The van der Waals surface area contributed by atoms with Crippen LogP contribution in [0.3, 0.4) is 0 Å². The van der Waals surface area contributed by atoms with Crippen LogP contribution in [0.4, 0.5) is 5.69 Å². The van der Waals surface area contributed by atoms with Gasteiger partial charge in [0.2, 0.25) is 0 Å². The Bertz CT molecular complexity index is 1340. The topological polar surface area (TPSA) is 129 Å². The smallest absolute Gasteiger partial charge is 0.285 e. The largest absolute Gasteiger partial charge is 0.472 e. The van der Waals surface area contributed by atoms with Crippen LogP contribution in [-0.2, 0) is 35.1 Å². The number of carbonyl (C=O) groups is 1. The van der Waals surface area contributed by atoms with E-state index in [4.69, 9.17) is 35.5 Å². The molecule has 0 radical (unpaired) electrons. The van der Waals surface area contributed by atoms with Gasteiger partial charge in [0.05, 0.1) is 76.2 Å². The van der Waals surface area contributed by atoms with E-state index in [0.717, 1.165) is 11.3 Å². The predicted molar refractivity (Wildman–Crippen MR) is 131 cm³/mol. The minimum absolute atomic E-state index is 0.231. The van der Waals surface area contributed by atoms with Crippen LogP contribution >= 0.6 is 11.6 Å². The third-order valence-corrected chi connectivity index (χ3v) is 9.01. The summed E-state index contributed by atoms with van der Waals surface area (Å²) in [6, 6.07) is 8.49. The molecule has 0 unspecified atom stereocenters. The SMILES string of the molecule is O=C(N=S1(=O)CCOCC1)c1ccc(-c2nc3c(cc2Cl)N=C(O[C@@H]2CO[C@H]4[C@@H]2OC[C@H]4O)C3)cc1. The Balaban J connectivity index is 1.16. The summed E-state index contributed by atoms with van der Waals surface area (Å²) in [7, 11) is -2.57. The maximum atomic E-state index is 12.7. The highest BCUT2D eigenvalue weighted by Gasteiger charge is 2.49. The number of hydrogen-bond donors (Lipinski definition) is 1. The van der Waals surface area contributed by atoms with E-state index in [2.05, 4.69) is 9.36 Å². The van der Waals surface area contributed by atoms with E-state index in [-0.39, 0.29) is 36.4 Å². The Morgan fingerprint density at radius 3 is 2.67 bits per heavy atom. The Morgan fingerprint density at radius 1 is 1.14 bits per heavy atom. The lowest BCUT2D eigenvalue weighted by Gasteiger charge is -2.17. The average molecular weight is 534 g/mol. The van der Waals surface area contributed by atoms with Crippen LogP contribution in [-0.4, -0.2) is 88.5 Å². The highest BCUT2D eigenvalue weighted by Crippen LogP contribution is 2.36. The Hall–Kier alpha value is -2.41. The first-order chi connectivity index (χ1) is 17.4. The lowest BCUT2D eigenvalue weighted by atomic mass is 10.1. The van der Waals surface area contributed by atoms with Crippen molar-refractivity contribution in [2.24, 2.45) is 9.36 Å². The van der Waals surface area contributed by atoms with Gasteiger partial charge in [0.25, 0.3) is 5.91 Å². The van der Waals surface area contributed by atoms with Crippen LogP contribution in [0.25, 0.3) is 11.3 Å². The number of pyridine rings is 1. The maximum Gasteiger partial charge on any atom is 0.285 e. The molecule has 10 nitrogen and oxygen atoms in total. The van der Waals surface area contributed by atoms with Gasteiger partial charge in [-0.3, -0.25) is 4.79 Å². The molecule has 36 heavy (non-hydrogen) atoms. The fraction of sp³-hybridized carbons (Fsp3) is 0.458. The molecule has 6 rings (SSSR count). The molecule has 12 heteroatoms. The van der Waals surface area contributed by atoms with Gasteiger partial charge in [0, 0.05) is 11.1 Å². The molecule has 1 amide bonds. The second-order valence-electron chi connectivity index (χ2n) is 9.05. The van der Waals surface area contributed by atoms with Crippen molar-refractivity contribution < 1.29 is 33.1 Å². The Kier molecular flexibility index (Phi) is 6.30. The van der Waals surface area contributed by atoms with Gasteiger partial charge in [-0.1, -0.05) is 23.7 Å². The van der Waals surface area contributed by atoms with Gasteiger partial charge in [-0.2, -0.15) is 4.36 Å². The van der Waals surface area contributed by atoms with Crippen molar-refractivity contribution in [3.8, 4) is 11.3 Å². The predicted octanol–water partition coefficient (Wildman–Crippen LogP) is 2.17. The molecule has 5 heterocycles. The number of halogens is 1. The third kappa shape index (κ3) is 4.55. The number of carbonyl (C=O) groups excluding carboxylic acids is 1. The molecule has 0 aliphatic carbocycles. The monoisotopic (exact) mass is 533 g/mol. The molecule has 3 fully saturated rings. The molecule has 0 bridgehead atoms. The van der Waals surface area contributed by atoms with Crippen molar-refractivity contribution in [1.29, 1.82) is 0 Å². The third-order valence-electron chi connectivity index (χ3n) is 6.61. The van der Waals surface area contributed by atoms with Crippen LogP contribution in [0, 0.1) is 0 Å². The normalized spacial score (nSPS) is 28.3. The van der Waals surface area contributed by atoms with E-state index in [0.29, 0.717) is 54.1 Å². The molecule has 2 aromatic rings. The highest BCUT2D eigenvalue weighted by molar-refractivity contribution is 7.94. The lowest BCUT2D eigenvalue weighted by Crippen LogP contribution is -2.34. The second-order valence-corrected chi connectivity index (χ2v) is 12.0. The number of ether oxygens (including phenoxy) is 4. The van der Waals surface area contributed by atoms with Crippen molar-refractivity contribution in [1.82, 2.24) is 4.98 Å². The zero-order chi connectivity index (χ0) is 24.9. The molecule has 190 valence electrons. The summed E-state index contributed by atoms with van der Waals surface area (Å²) in [5, 5.41) is 10.3. The number of aliphatic hydroxyl groups excluding tert-OH is 1. The summed E-state index contributed by atoms with van der Waals surface area (Å²) in [6.45, 7) is 1.25. The fourth-order valence-electron chi connectivity index (χ4n) is 4.70. The molecule has 4 aliphatic heterocycles. The van der Waals surface area contributed by atoms with Crippen molar-refractivity contribution in [2.75, 3.05) is 37.9 Å². The number of aromatic nitrogens is 1. The van der Waals surface area contributed by atoms with Gasteiger partial charge in [-0.25, -0.2) is 14.2 Å². The molecule has 3 saturated heterocycles. The zero-order valence-electron chi connectivity index (χ0n) is 19.2. The second kappa shape index (κ2) is 9.47.